The summed E-state index contributed by atoms with van der Waals surface area (Å²) in [6.45, 7) is 4.49. The predicted octanol–water partition coefficient (Wildman–Crippen LogP) is 2.94. The third-order valence-electron chi connectivity index (χ3n) is 2.57. The number of hydrogen-bond donors (Lipinski definition) is 1. The van der Waals surface area contributed by atoms with Gasteiger partial charge in [-0.15, -0.1) is 4.91 Å². The van der Waals surface area contributed by atoms with Gasteiger partial charge in [-0.1, -0.05) is 17.7 Å². The zero-order valence-electron chi connectivity index (χ0n) is 11.8. The minimum atomic E-state index is -1.03. The smallest absolute Gasteiger partial charge is 0.335 e. The van der Waals surface area contributed by atoms with E-state index in [1.807, 2.05) is 0 Å². The van der Waals surface area contributed by atoms with Gasteiger partial charge >= 0.3 is 5.97 Å². The molecular weight excluding hydrogens is 316 g/mol. The van der Waals surface area contributed by atoms with Crippen LogP contribution in [0.3, 0.4) is 0 Å². The molecule has 21 heavy (non-hydrogen) atoms. The molecule has 1 amide bonds. The molecule has 8 heteroatoms. The Bertz CT molecular complexity index is 551. The Balaban J connectivity index is 2.94. The fourth-order valence-corrected chi connectivity index (χ4v) is 2.21. The van der Waals surface area contributed by atoms with Crippen LogP contribution < -0.4 is 10.1 Å². The van der Waals surface area contributed by atoms with Crippen molar-refractivity contribution < 1.29 is 14.3 Å². The Morgan fingerprint density at radius 2 is 2.10 bits per heavy atom. The number of esters is 1. The van der Waals surface area contributed by atoms with Crippen LogP contribution >= 0.6 is 23.5 Å². The van der Waals surface area contributed by atoms with Crippen LogP contribution in [0.5, 0.6) is 5.75 Å². The molecule has 0 heterocycles. The molecule has 1 atom stereocenters. The Hall–Kier alpha value is -1.60. The molecule has 0 aliphatic heterocycles. The van der Waals surface area contributed by atoms with Gasteiger partial charge in [-0.05, 0) is 32.0 Å². The molecule has 0 saturated carbocycles. The molecule has 0 fully saturated rings. The second-order valence-corrected chi connectivity index (χ2v) is 6.60. The van der Waals surface area contributed by atoms with Crippen molar-refractivity contribution in [2.45, 2.75) is 31.6 Å². The lowest BCUT2D eigenvalue weighted by Crippen LogP contribution is -2.53. The van der Waals surface area contributed by atoms with Crippen molar-refractivity contribution in [3.8, 4) is 5.75 Å². The SMILES string of the molecule is CC(=O)N[C@H](C(=O)Oc1cccc(Cl)c1)C(C)(C)SN=O. The molecular formula is C13H15ClN2O4S. The van der Waals surface area contributed by atoms with Crippen LogP contribution in [0.1, 0.15) is 20.8 Å². The zero-order chi connectivity index (χ0) is 16.0. The first-order valence-electron chi connectivity index (χ1n) is 6.01. The fourth-order valence-electron chi connectivity index (χ4n) is 1.57. The first-order chi connectivity index (χ1) is 9.76. The van der Waals surface area contributed by atoms with Crippen molar-refractivity contribution in [3.63, 3.8) is 0 Å². The van der Waals surface area contributed by atoms with Crippen LogP contribution in [0.15, 0.2) is 28.8 Å². The van der Waals surface area contributed by atoms with Crippen molar-refractivity contribution in [1.82, 2.24) is 5.32 Å². The van der Waals surface area contributed by atoms with Gasteiger partial charge in [0.1, 0.15) is 11.8 Å². The normalized spacial score (nSPS) is 12.4. The average molecular weight is 331 g/mol. The van der Waals surface area contributed by atoms with E-state index in [9.17, 15) is 14.5 Å². The Labute approximate surface area is 131 Å². The van der Waals surface area contributed by atoms with Crippen LogP contribution in [0.4, 0.5) is 0 Å². The van der Waals surface area contributed by atoms with E-state index in [4.69, 9.17) is 16.3 Å². The summed E-state index contributed by atoms with van der Waals surface area (Å²) in [6, 6.07) is 5.28. The van der Waals surface area contributed by atoms with E-state index in [-0.39, 0.29) is 5.75 Å². The number of rotatable bonds is 6. The third-order valence-corrected chi connectivity index (χ3v) is 3.58. The fraction of sp³-hybridized carbons (Fsp3) is 0.385. The van der Waals surface area contributed by atoms with Gasteiger partial charge in [0.05, 0.1) is 4.75 Å². The highest BCUT2D eigenvalue weighted by Gasteiger charge is 2.39. The molecule has 6 nitrogen and oxygen atoms in total. The van der Waals surface area contributed by atoms with E-state index < -0.39 is 22.7 Å². The molecule has 0 radical (unpaired) electrons. The van der Waals surface area contributed by atoms with Crippen molar-refractivity contribution in [2.24, 2.45) is 4.58 Å². The van der Waals surface area contributed by atoms with Crippen molar-refractivity contribution in [1.29, 1.82) is 0 Å². The Kier molecular flexibility index (Phi) is 6.17. The first kappa shape index (κ1) is 17.5. The number of nitrogens with zero attached hydrogens (tertiary/aromatic N) is 1. The lowest BCUT2D eigenvalue weighted by molar-refractivity contribution is -0.139. The highest BCUT2D eigenvalue weighted by atomic mass is 35.5. The third kappa shape index (κ3) is 5.35. The molecule has 114 valence electrons. The summed E-state index contributed by atoms with van der Waals surface area (Å²) >= 11 is 6.46. The molecule has 0 aliphatic rings. The standard InChI is InChI=1S/C13H15ClN2O4S/c1-8(17)15-11(13(2,3)21-16-19)12(18)20-10-6-4-5-9(14)7-10/h4-7,11H,1-3H3,(H,15,17)/t11-/m1/s1. The first-order valence-corrected chi connectivity index (χ1v) is 7.16. The summed E-state index contributed by atoms with van der Waals surface area (Å²) in [5.74, 6) is -0.862. The number of amides is 1. The number of carbonyl (C=O) groups is 2. The minimum Gasteiger partial charge on any atom is -0.425 e. The minimum absolute atomic E-state index is 0.253. The molecule has 0 aromatic heterocycles. The highest BCUT2D eigenvalue weighted by Crippen LogP contribution is 2.30. The lowest BCUT2D eigenvalue weighted by atomic mass is 10.0. The zero-order valence-corrected chi connectivity index (χ0v) is 13.3. The summed E-state index contributed by atoms with van der Waals surface area (Å²) in [5.41, 5.74) is 0. The maximum Gasteiger partial charge on any atom is 0.335 e. The van der Waals surface area contributed by atoms with Gasteiger partial charge in [-0.25, -0.2) is 4.79 Å². The molecule has 0 spiro atoms. The Morgan fingerprint density at radius 1 is 1.43 bits per heavy atom. The van der Waals surface area contributed by atoms with Gasteiger partial charge in [-0.3, -0.25) is 4.79 Å². The average Bonchev–Trinajstić information content (AvgIpc) is 2.35. The number of nitroso groups, excluding NO2 is 1. The van der Waals surface area contributed by atoms with E-state index in [0.717, 1.165) is 0 Å². The van der Waals surface area contributed by atoms with E-state index in [1.54, 1.807) is 32.0 Å². The van der Waals surface area contributed by atoms with Crippen LogP contribution in [0.2, 0.25) is 5.02 Å². The summed E-state index contributed by atoms with van der Waals surface area (Å²) in [4.78, 5) is 34.0. The van der Waals surface area contributed by atoms with Crippen LogP contribution in [0, 0.1) is 4.91 Å². The summed E-state index contributed by atoms with van der Waals surface area (Å²) in [6.07, 6.45) is 0. The van der Waals surface area contributed by atoms with Gasteiger partial charge < -0.3 is 10.1 Å². The monoisotopic (exact) mass is 330 g/mol. The van der Waals surface area contributed by atoms with Crippen LogP contribution in [-0.4, -0.2) is 22.7 Å². The van der Waals surface area contributed by atoms with E-state index >= 15 is 0 Å². The summed E-state index contributed by atoms with van der Waals surface area (Å²) < 4.78 is 6.97. The quantitative estimate of drug-likeness (QED) is 0.375. The number of carbonyl (C=O) groups excluding carboxylic acids is 2. The largest absolute Gasteiger partial charge is 0.425 e. The van der Waals surface area contributed by atoms with Gasteiger partial charge in [-0.2, -0.15) is 0 Å². The lowest BCUT2D eigenvalue weighted by Gasteiger charge is -2.29. The van der Waals surface area contributed by atoms with Crippen LogP contribution in [0.25, 0.3) is 0 Å². The molecule has 0 saturated heterocycles. The van der Waals surface area contributed by atoms with Crippen LogP contribution in [-0.2, 0) is 9.59 Å². The molecule has 1 rings (SSSR count). The molecule has 1 N–H and O–H groups in total. The highest BCUT2D eigenvalue weighted by molar-refractivity contribution is 7.99. The van der Waals surface area contributed by atoms with Crippen molar-refractivity contribution in [2.75, 3.05) is 0 Å². The van der Waals surface area contributed by atoms with Crippen molar-refractivity contribution >= 4 is 35.4 Å². The van der Waals surface area contributed by atoms with Gasteiger partial charge in [0.25, 0.3) is 0 Å². The van der Waals surface area contributed by atoms with E-state index in [1.165, 1.54) is 13.0 Å². The maximum atomic E-state index is 12.2. The molecule has 1 aromatic rings. The number of hydrogen-bond acceptors (Lipinski definition) is 6. The number of ether oxygens (including phenoxy) is 1. The van der Waals surface area contributed by atoms with E-state index in [0.29, 0.717) is 17.0 Å². The number of halogens is 1. The summed E-state index contributed by atoms with van der Waals surface area (Å²) in [5, 5.41) is 2.89. The van der Waals surface area contributed by atoms with Crippen molar-refractivity contribution in [3.05, 3.63) is 34.2 Å². The Morgan fingerprint density at radius 3 is 2.62 bits per heavy atom. The number of benzene rings is 1. The topological polar surface area (TPSA) is 84.8 Å². The van der Waals surface area contributed by atoms with E-state index in [2.05, 4.69) is 9.90 Å². The number of nitrogens with one attached hydrogen (secondary N) is 1. The second-order valence-electron chi connectivity index (χ2n) is 4.78. The molecule has 0 bridgehead atoms. The second kappa shape index (κ2) is 7.42. The summed E-state index contributed by atoms with van der Waals surface area (Å²) in [7, 11) is 0. The molecule has 0 unspecified atom stereocenters. The van der Waals surface area contributed by atoms with Gasteiger partial charge in [0.2, 0.25) is 5.91 Å². The van der Waals surface area contributed by atoms with Gasteiger partial charge in [0.15, 0.2) is 0 Å². The molecule has 0 aliphatic carbocycles. The van der Waals surface area contributed by atoms with Gasteiger partial charge in [0, 0.05) is 28.5 Å². The predicted molar refractivity (Wildman–Crippen MR) is 82.2 cm³/mol. The maximum absolute atomic E-state index is 12.2. The molecule has 1 aromatic carbocycles.